The Labute approximate surface area is 185 Å². The molecule has 0 aromatic heterocycles. The zero-order valence-electron chi connectivity index (χ0n) is 17.0. The number of rotatable bonds is 6. The van der Waals surface area contributed by atoms with E-state index >= 15 is 0 Å². The summed E-state index contributed by atoms with van der Waals surface area (Å²) in [5, 5.41) is 9.14. The van der Waals surface area contributed by atoms with Crippen molar-refractivity contribution in [2.24, 2.45) is 0 Å². The van der Waals surface area contributed by atoms with Gasteiger partial charge in [0.25, 0.3) is 5.91 Å². The molecule has 0 spiro atoms. The molecule has 1 amide bonds. The van der Waals surface area contributed by atoms with Crippen molar-refractivity contribution in [3.63, 3.8) is 0 Å². The van der Waals surface area contributed by atoms with Crippen LogP contribution in [0.3, 0.4) is 0 Å². The molecule has 0 aliphatic carbocycles. The first-order chi connectivity index (χ1) is 15.0. The SMILES string of the molecule is COC(=O)c1cccc(NC(=S)Nc2cccc(C(=O)Nc3ccccc3)c2OC)c1. The van der Waals surface area contributed by atoms with Gasteiger partial charge in [-0.2, -0.15) is 0 Å². The average molecular weight is 436 g/mol. The van der Waals surface area contributed by atoms with Crippen molar-refractivity contribution in [3.8, 4) is 5.75 Å². The van der Waals surface area contributed by atoms with Crippen molar-refractivity contribution in [1.29, 1.82) is 0 Å². The number of esters is 1. The predicted octanol–water partition coefficient (Wildman–Crippen LogP) is 4.54. The number of anilines is 3. The smallest absolute Gasteiger partial charge is 0.337 e. The third-order valence-electron chi connectivity index (χ3n) is 4.29. The normalized spacial score (nSPS) is 10.0. The standard InChI is InChI=1S/C23H21N3O4S/c1-29-20-18(21(27)24-16-9-4-3-5-10-16)12-7-13-19(20)26-23(31)25-17-11-6-8-15(14-17)22(28)30-2/h3-14H,1-2H3,(H,24,27)(H2,25,26,31). The molecule has 0 heterocycles. The van der Waals surface area contributed by atoms with Crippen molar-refractivity contribution in [2.75, 3.05) is 30.2 Å². The molecule has 0 saturated carbocycles. The van der Waals surface area contributed by atoms with Crippen molar-refractivity contribution in [2.45, 2.75) is 0 Å². The molecule has 8 heteroatoms. The minimum Gasteiger partial charge on any atom is -0.494 e. The number of para-hydroxylation sites is 2. The Morgan fingerprint density at radius 1 is 0.806 bits per heavy atom. The number of carbonyl (C=O) groups is 2. The zero-order chi connectivity index (χ0) is 22.2. The number of methoxy groups -OCH3 is 2. The summed E-state index contributed by atoms with van der Waals surface area (Å²) in [5.74, 6) is -0.402. The quantitative estimate of drug-likeness (QED) is 0.387. The van der Waals surface area contributed by atoms with Gasteiger partial charge in [0.2, 0.25) is 0 Å². The van der Waals surface area contributed by atoms with Crippen LogP contribution in [0.4, 0.5) is 17.1 Å². The molecule has 158 valence electrons. The summed E-state index contributed by atoms with van der Waals surface area (Å²) in [6, 6.07) is 21.0. The van der Waals surface area contributed by atoms with Crippen LogP contribution in [-0.4, -0.2) is 31.2 Å². The minimum absolute atomic E-state index is 0.265. The van der Waals surface area contributed by atoms with E-state index in [2.05, 4.69) is 16.0 Å². The summed E-state index contributed by atoms with van der Waals surface area (Å²) >= 11 is 5.38. The molecule has 0 bridgehead atoms. The Morgan fingerprint density at radius 2 is 1.52 bits per heavy atom. The van der Waals surface area contributed by atoms with Crippen LogP contribution < -0.4 is 20.7 Å². The molecule has 0 aliphatic rings. The van der Waals surface area contributed by atoms with Crippen molar-refractivity contribution in [1.82, 2.24) is 0 Å². The van der Waals surface area contributed by atoms with Gasteiger partial charge in [-0.05, 0) is 54.7 Å². The van der Waals surface area contributed by atoms with Gasteiger partial charge < -0.3 is 25.4 Å². The molecule has 31 heavy (non-hydrogen) atoms. The van der Waals surface area contributed by atoms with Gasteiger partial charge >= 0.3 is 5.97 Å². The van der Waals surface area contributed by atoms with E-state index in [9.17, 15) is 9.59 Å². The summed E-state index contributed by atoms with van der Waals surface area (Å²) < 4.78 is 10.2. The number of hydrogen-bond acceptors (Lipinski definition) is 5. The molecular formula is C23H21N3O4S. The Balaban J connectivity index is 1.76. The van der Waals surface area contributed by atoms with Crippen LogP contribution in [0.1, 0.15) is 20.7 Å². The highest BCUT2D eigenvalue weighted by molar-refractivity contribution is 7.80. The number of benzene rings is 3. The number of amides is 1. The van der Waals surface area contributed by atoms with E-state index in [4.69, 9.17) is 21.7 Å². The lowest BCUT2D eigenvalue weighted by Gasteiger charge is -2.16. The molecular weight excluding hydrogens is 414 g/mol. The zero-order valence-corrected chi connectivity index (χ0v) is 17.8. The summed E-state index contributed by atoms with van der Waals surface area (Å²) in [7, 11) is 2.80. The fourth-order valence-corrected chi connectivity index (χ4v) is 3.11. The van der Waals surface area contributed by atoms with Crippen LogP contribution in [0, 0.1) is 0 Å². The summed E-state index contributed by atoms with van der Waals surface area (Å²) in [5.41, 5.74) is 2.55. The number of carbonyl (C=O) groups excluding carboxylic acids is 2. The number of ether oxygens (including phenoxy) is 2. The molecule has 3 aromatic carbocycles. The van der Waals surface area contributed by atoms with E-state index in [1.165, 1.54) is 14.2 Å². The monoisotopic (exact) mass is 435 g/mol. The average Bonchev–Trinajstić information content (AvgIpc) is 2.79. The number of nitrogens with one attached hydrogen (secondary N) is 3. The molecule has 0 atom stereocenters. The summed E-state index contributed by atoms with van der Waals surface area (Å²) in [4.78, 5) is 24.4. The first-order valence-corrected chi connectivity index (χ1v) is 9.72. The van der Waals surface area contributed by atoms with Crippen LogP contribution in [0.25, 0.3) is 0 Å². The third kappa shape index (κ3) is 5.58. The van der Waals surface area contributed by atoms with Crippen LogP contribution in [0.15, 0.2) is 72.8 Å². The van der Waals surface area contributed by atoms with Crippen molar-refractivity contribution < 1.29 is 19.1 Å². The molecule has 0 unspecified atom stereocenters. The van der Waals surface area contributed by atoms with E-state index < -0.39 is 5.97 Å². The Bertz CT molecular complexity index is 1100. The molecule has 0 aliphatic heterocycles. The number of hydrogen-bond donors (Lipinski definition) is 3. The maximum atomic E-state index is 12.7. The summed E-state index contributed by atoms with van der Waals surface area (Å²) in [6.07, 6.45) is 0. The largest absolute Gasteiger partial charge is 0.494 e. The van der Waals surface area contributed by atoms with E-state index in [1.54, 1.807) is 54.6 Å². The minimum atomic E-state index is -0.443. The van der Waals surface area contributed by atoms with Crippen LogP contribution >= 0.6 is 12.2 Å². The fourth-order valence-electron chi connectivity index (χ4n) is 2.88. The van der Waals surface area contributed by atoms with Crippen LogP contribution in [0.5, 0.6) is 5.75 Å². The first kappa shape index (κ1) is 21.8. The molecule has 0 saturated heterocycles. The van der Waals surface area contributed by atoms with Gasteiger partial charge in [-0.15, -0.1) is 0 Å². The van der Waals surface area contributed by atoms with Gasteiger partial charge in [0, 0.05) is 11.4 Å². The van der Waals surface area contributed by atoms with Crippen molar-refractivity contribution in [3.05, 3.63) is 83.9 Å². The molecule has 3 aromatic rings. The molecule has 3 N–H and O–H groups in total. The maximum Gasteiger partial charge on any atom is 0.337 e. The molecule has 3 rings (SSSR count). The van der Waals surface area contributed by atoms with Crippen LogP contribution in [0.2, 0.25) is 0 Å². The number of thiocarbonyl (C=S) groups is 1. The molecule has 7 nitrogen and oxygen atoms in total. The fraction of sp³-hybridized carbons (Fsp3) is 0.0870. The van der Waals surface area contributed by atoms with E-state index in [-0.39, 0.29) is 11.0 Å². The molecule has 0 fully saturated rings. The lowest BCUT2D eigenvalue weighted by molar-refractivity contribution is 0.0600. The summed E-state index contributed by atoms with van der Waals surface area (Å²) in [6.45, 7) is 0. The molecule has 0 radical (unpaired) electrons. The topological polar surface area (TPSA) is 88.7 Å². The van der Waals surface area contributed by atoms with E-state index in [0.717, 1.165) is 0 Å². The Hall–Kier alpha value is -3.91. The van der Waals surface area contributed by atoms with Gasteiger partial charge in [-0.1, -0.05) is 30.3 Å². The van der Waals surface area contributed by atoms with Gasteiger partial charge in [-0.25, -0.2) is 4.79 Å². The first-order valence-electron chi connectivity index (χ1n) is 9.31. The van der Waals surface area contributed by atoms with E-state index in [0.29, 0.717) is 33.9 Å². The Morgan fingerprint density at radius 3 is 2.23 bits per heavy atom. The maximum absolute atomic E-state index is 12.7. The highest BCUT2D eigenvalue weighted by Gasteiger charge is 2.17. The second kappa shape index (κ2) is 10.2. The Kier molecular flexibility index (Phi) is 7.18. The van der Waals surface area contributed by atoms with Gasteiger partial charge in [0.1, 0.15) is 0 Å². The highest BCUT2D eigenvalue weighted by atomic mass is 32.1. The van der Waals surface area contributed by atoms with Crippen LogP contribution in [-0.2, 0) is 4.74 Å². The van der Waals surface area contributed by atoms with E-state index in [1.807, 2.05) is 18.2 Å². The lowest BCUT2D eigenvalue weighted by atomic mass is 10.1. The van der Waals surface area contributed by atoms with Crippen molar-refractivity contribution >= 4 is 46.3 Å². The van der Waals surface area contributed by atoms with Gasteiger partial charge in [0.05, 0.1) is 31.0 Å². The predicted molar refractivity (Wildman–Crippen MR) is 125 cm³/mol. The second-order valence-corrected chi connectivity index (χ2v) is 6.77. The highest BCUT2D eigenvalue weighted by Crippen LogP contribution is 2.29. The third-order valence-corrected chi connectivity index (χ3v) is 4.49. The lowest BCUT2D eigenvalue weighted by Crippen LogP contribution is -2.21. The van der Waals surface area contributed by atoms with Gasteiger partial charge in [-0.3, -0.25) is 4.79 Å². The van der Waals surface area contributed by atoms with Gasteiger partial charge in [0.15, 0.2) is 10.9 Å². The second-order valence-electron chi connectivity index (χ2n) is 6.36.